The molecule has 0 radical (unpaired) electrons. The second-order valence-corrected chi connectivity index (χ2v) is 4.09. The number of rotatable bonds is 6. The highest BCUT2D eigenvalue weighted by Crippen LogP contribution is 2.09. The van der Waals surface area contributed by atoms with Crippen molar-refractivity contribution in [1.82, 2.24) is 9.97 Å². The van der Waals surface area contributed by atoms with Crippen molar-refractivity contribution in [2.24, 2.45) is 5.92 Å². The van der Waals surface area contributed by atoms with E-state index in [4.69, 9.17) is 4.74 Å². The highest BCUT2D eigenvalue weighted by molar-refractivity contribution is 5.80. The number of ketones is 1. The Hall–Kier alpha value is -1.45. The first-order chi connectivity index (χ1) is 7.61. The molecule has 0 spiro atoms. The number of nitrogens with zero attached hydrogens (tertiary/aromatic N) is 2. The van der Waals surface area contributed by atoms with Crippen LogP contribution in [0, 0.1) is 5.92 Å². The average molecular weight is 222 g/mol. The van der Waals surface area contributed by atoms with Crippen molar-refractivity contribution in [1.29, 1.82) is 0 Å². The topological polar surface area (TPSA) is 52.1 Å². The van der Waals surface area contributed by atoms with Crippen LogP contribution in [0.5, 0.6) is 5.88 Å². The van der Waals surface area contributed by atoms with Crippen molar-refractivity contribution in [3.8, 4) is 5.88 Å². The summed E-state index contributed by atoms with van der Waals surface area (Å²) in [5.41, 5.74) is 0.726. The smallest absolute Gasteiger partial charge is 0.216 e. The number of aromatic nitrogens is 2. The quantitative estimate of drug-likeness (QED) is 0.739. The normalized spacial score (nSPS) is 10.5. The third-order valence-electron chi connectivity index (χ3n) is 2.01. The van der Waals surface area contributed by atoms with Crippen molar-refractivity contribution in [2.75, 3.05) is 6.61 Å². The first kappa shape index (κ1) is 12.6. The minimum atomic E-state index is 0.205. The summed E-state index contributed by atoms with van der Waals surface area (Å²) in [6, 6.07) is 1.72. The summed E-state index contributed by atoms with van der Waals surface area (Å²) >= 11 is 0. The second-order valence-electron chi connectivity index (χ2n) is 4.09. The number of hydrogen-bond acceptors (Lipinski definition) is 4. The van der Waals surface area contributed by atoms with Crippen molar-refractivity contribution < 1.29 is 9.53 Å². The molecule has 1 heterocycles. The van der Waals surface area contributed by atoms with Crippen LogP contribution in [-0.4, -0.2) is 22.4 Å². The molecule has 0 amide bonds. The number of carbonyl (C=O) groups excluding carboxylic acids is 1. The molecule has 0 N–H and O–H groups in total. The zero-order chi connectivity index (χ0) is 12.0. The molecule has 0 aromatic carbocycles. The van der Waals surface area contributed by atoms with Crippen molar-refractivity contribution in [2.45, 2.75) is 33.6 Å². The lowest BCUT2D eigenvalue weighted by Gasteiger charge is -2.05. The minimum Gasteiger partial charge on any atom is -0.478 e. The Morgan fingerprint density at radius 2 is 2.19 bits per heavy atom. The van der Waals surface area contributed by atoms with E-state index in [-0.39, 0.29) is 5.78 Å². The van der Waals surface area contributed by atoms with E-state index in [9.17, 15) is 4.79 Å². The summed E-state index contributed by atoms with van der Waals surface area (Å²) in [6.45, 7) is 6.52. The van der Waals surface area contributed by atoms with Crippen LogP contribution in [0.15, 0.2) is 12.4 Å². The molecule has 0 fully saturated rings. The van der Waals surface area contributed by atoms with Crippen LogP contribution < -0.4 is 4.74 Å². The Bertz CT molecular complexity index is 351. The van der Waals surface area contributed by atoms with E-state index >= 15 is 0 Å². The maximum absolute atomic E-state index is 11.6. The number of carbonyl (C=O) groups is 1. The van der Waals surface area contributed by atoms with Crippen LogP contribution in [-0.2, 0) is 11.2 Å². The maximum atomic E-state index is 11.6. The molecule has 0 aliphatic heterocycles. The molecular weight excluding hydrogens is 204 g/mol. The Kier molecular flexibility index (Phi) is 4.89. The van der Waals surface area contributed by atoms with Gasteiger partial charge in [-0.25, -0.2) is 9.97 Å². The fourth-order valence-electron chi connectivity index (χ4n) is 1.43. The zero-order valence-corrected chi connectivity index (χ0v) is 10.1. The number of hydrogen-bond donors (Lipinski definition) is 0. The molecule has 1 aromatic heterocycles. The van der Waals surface area contributed by atoms with E-state index in [0.29, 0.717) is 31.2 Å². The Morgan fingerprint density at radius 3 is 2.81 bits per heavy atom. The summed E-state index contributed by atoms with van der Waals surface area (Å²) < 4.78 is 5.25. The number of ether oxygens (including phenoxy) is 1. The summed E-state index contributed by atoms with van der Waals surface area (Å²) in [5.74, 6) is 1.13. The van der Waals surface area contributed by atoms with Gasteiger partial charge < -0.3 is 4.74 Å². The number of Topliss-reactive ketones (excluding diaryl/α,β-unsaturated/α-hetero) is 1. The van der Waals surface area contributed by atoms with Crippen LogP contribution >= 0.6 is 0 Å². The van der Waals surface area contributed by atoms with Gasteiger partial charge in [0.1, 0.15) is 12.1 Å². The van der Waals surface area contributed by atoms with Gasteiger partial charge in [-0.05, 0) is 12.8 Å². The first-order valence-electron chi connectivity index (χ1n) is 5.57. The molecule has 0 aliphatic carbocycles. The molecule has 0 saturated heterocycles. The summed E-state index contributed by atoms with van der Waals surface area (Å²) in [5, 5.41) is 0. The molecule has 1 aromatic rings. The minimum absolute atomic E-state index is 0.205. The van der Waals surface area contributed by atoms with Crippen LogP contribution in [0.3, 0.4) is 0 Å². The largest absolute Gasteiger partial charge is 0.478 e. The molecule has 0 saturated carbocycles. The molecule has 0 unspecified atom stereocenters. The third-order valence-corrected chi connectivity index (χ3v) is 2.01. The lowest BCUT2D eigenvalue weighted by atomic mass is 10.0. The van der Waals surface area contributed by atoms with Crippen molar-refractivity contribution in [3.63, 3.8) is 0 Å². The predicted octanol–water partition coefficient (Wildman–Crippen LogP) is 2.03. The van der Waals surface area contributed by atoms with Crippen LogP contribution in [0.2, 0.25) is 0 Å². The summed E-state index contributed by atoms with van der Waals surface area (Å²) in [7, 11) is 0. The molecule has 0 aliphatic rings. The predicted molar refractivity (Wildman–Crippen MR) is 61.4 cm³/mol. The van der Waals surface area contributed by atoms with E-state index in [1.807, 2.05) is 20.8 Å². The van der Waals surface area contributed by atoms with Gasteiger partial charge in [0, 0.05) is 18.9 Å². The molecule has 16 heavy (non-hydrogen) atoms. The van der Waals surface area contributed by atoms with Gasteiger partial charge in [0.2, 0.25) is 5.88 Å². The van der Waals surface area contributed by atoms with Crippen LogP contribution in [0.1, 0.15) is 32.9 Å². The molecule has 1 rings (SSSR count). The fourth-order valence-corrected chi connectivity index (χ4v) is 1.43. The van der Waals surface area contributed by atoms with E-state index in [1.54, 1.807) is 6.07 Å². The SMILES string of the molecule is CCOc1cc(CC(=O)CC(C)C)ncn1. The van der Waals surface area contributed by atoms with Gasteiger partial charge in [-0.3, -0.25) is 4.79 Å². The van der Waals surface area contributed by atoms with Crippen LogP contribution in [0.25, 0.3) is 0 Å². The van der Waals surface area contributed by atoms with E-state index < -0.39 is 0 Å². The van der Waals surface area contributed by atoms with Gasteiger partial charge >= 0.3 is 0 Å². The molecule has 88 valence electrons. The van der Waals surface area contributed by atoms with Gasteiger partial charge in [0.25, 0.3) is 0 Å². The van der Waals surface area contributed by atoms with Gasteiger partial charge in [0.05, 0.1) is 12.3 Å². The van der Waals surface area contributed by atoms with Crippen molar-refractivity contribution in [3.05, 3.63) is 18.1 Å². The first-order valence-corrected chi connectivity index (χ1v) is 5.57. The Labute approximate surface area is 96.1 Å². The maximum Gasteiger partial charge on any atom is 0.216 e. The van der Waals surface area contributed by atoms with Gasteiger partial charge in [-0.15, -0.1) is 0 Å². The standard InChI is InChI=1S/C12H18N2O2/c1-4-16-12-7-10(13-8-14-12)6-11(15)5-9(2)3/h7-9H,4-6H2,1-3H3. The third kappa shape index (κ3) is 4.38. The van der Waals surface area contributed by atoms with Gasteiger partial charge in [-0.1, -0.05) is 13.8 Å². The Balaban J connectivity index is 2.59. The highest BCUT2D eigenvalue weighted by Gasteiger charge is 2.08. The highest BCUT2D eigenvalue weighted by atomic mass is 16.5. The molecular formula is C12H18N2O2. The molecule has 4 nitrogen and oxygen atoms in total. The average Bonchev–Trinajstić information content (AvgIpc) is 2.17. The Morgan fingerprint density at radius 1 is 1.44 bits per heavy atom. The lowest BCUT2D eigenvalue weighted by molar-refractivity contribution is -0.119. The van der Waals surface area contributed by atoms with Gasteiger partial charge in [0.15, 0.2) is 0 Å². The van der Waals surface area contributed by atoms with Gasteiger partial charge in [-0.2, -0.15) is 0 Å². The second kappa shape index (κ2) is 6.20. The van der Waals surface area contributed by atoms with Crippen LogP contribution in [0.4, 0.5) is 0 Å². The summed E-state index contributed by atoms with van der Waals surface area (Å²) in [6.07, 6.45) is 2.39. The van der Waals surface area contributed by atoms with E-state index in [2.05, 4.69) is 9.97 Å². The summed E-state index contributed by atoms with van der Waals surface area (Å²) in [4.78, 5) is 19.6. The monoisotopic (exact) mass is 222 g/mol. The van der Waals surface area contributed by atoms with E-state index in [0.717, 1.165) is 5.69 Å². The fraction of sp³-hybridized carbons (Fsp3) is 0.583. The molecule has 0 atom stereocenters. The molecule has 0 bridgehead atoms. The van der Waals surface area contributed by atoms with E-state index in [1.165, 1.54) is 6.33 Å². The van der Waals surface area contributed by atoms with Crippen molar-refractivity contribution >= 4 is 5.78 Å². The lowest BCUT2D eigenvalue weighted by Crippen LogP contribution is -2.08. The zero-order valence-electron chi connectivity index (χ0n) is 10.1. The molecule has 4 heteroatoms.